The number of nitrogens with one attached hydrogen (secondary N) is 1. The van der Waals surface area contributed by atoms with E-state index in [9.17, 15) is 9.59 Å². The van der Waals surface area contributed by atoms with Gasteiger partial charge in [-0.15, -0.1) is 0 Å². The van der Waals surface area contributed by atoms with E-state index in [1.165, 1.54) is 36.4 Å². The number of carbonyl (C=O) groups is 2. The summed E-state index contributed by atoms with van der Waals surface area (Å²) in [6.45, 7) is -0.220. The van der Waals surface area contributed by atoms with Gasteiger partial charge in [0.25, 0.3) is 5.91 Å². The van der Waals surface area contributed by atoms with Crippen molar-refractivity contribution in [3.05, 3.63) is 54.1 Å². The van der Waals surface area contributed by atoms with Gasteiger partial charge in [-0.1, -0.05) is 6.07 Å². The van der Waals surface area contributed by atoms with Crippen LogP contribution in [-0.4, -0.2) is 28.7 Å². The molecule has 0 saturated carbocycles. The lowest BCUT2D eigenvalue weighted by Gasteiger charge is -2.08. The highest BCUT2D eigenvalue weighted by molar-refractivity contribution is 5.94. The predicted octanol–water partition coefficient (Wildman–Crippen LogP) is 2.11. The van der Waals surface area contributed by atoms with Crippen molar-refractivity contribution in [1.82, 2.24) is 0 Å². The van der Waals surface area contributed by atoms with Crippen LogP contribution in [0.2, 0.25) is 0 Å². The van der Waals surface area contributed by atoms with Crippen LogP contribution in [0.4, 0.5) is 5.69 Å². The summed E-state index contributed by atoms with van der Waals surface area (Å²) in [5.74, 6) is -0.920. The zero-order valence-corrected chi connectivity index (χ0v) is 10.9. The van der Waals surface area contributed by atoms with Crippen LogP contribution in [0.5, 0.6) is 11.5 Å². The van der Waals surface area contributed by atoms with Crippen LogP contribution in [0.3, 0.4) is 0 Å². The van der Waals surface area contributed by atoms with Crippen molar-refractivity contribution in [3.8, 4) is 11.5 Å². The molecule has 0 unspecified atom stereocenters. The number of hydrogen-bond acceptors (Lipinski definition) is 4. The van der Waals surface area contributed by atoms with Gasteiger partial charge in [0, 0.05) is 5.69 Å². The standard InChI is InChI=1S/C15H13NO5/c17-12-4-6-13(7-5-12)21-9-14(18)16-11-3-1-2-10(8-11)15(19)20/h1-8,17H,9H2,(H,16,18)(H,19,20). The van der Waals surface area contributed by atoms with Gasteiger partial charge in [-0.05, 0) is 42.5 Å². The Morgan fingerprint density at radius 1 is 1.10 bits per heavy atom. The number of rotatable bonds is 5. The summed E-state index contributed by atoms with van der Waals surface area (Å²) in [5, 5.41) is 20.5. The molecular formula is C15H13NO5. The summed E-state index contributed by atoms with van der Waals surface area (Å²) < 4.78 is 5.23. The van der Waals surface area contributed by atoms with Gasteiger partial charge in [0.15, 0.2) is 6.61 Å². The van der Waals surface area contributed by atoms with Crippen LogP contribution in [0.1, 0.15) is 10.4 Å². The van der Waals surface area contributed by atoms with Crippen molar-refractivity contribution < 1.29 is 24.5 Å². The van der Waals surface area contributed by atoms with Crippen LogP contribution >= 0.6 is 0 Å². The number of carboxylic acids is 1. The number of phenols is 1. The van der Waals surface area contributed by atoms with E-state index in [4.69, 9.17) is 14.9 Å². The van der Waals surface area contributed by atoms with Gasteiger partial charge in [0.2, 0.25) is 0 Å². The molecule has 2 aromatic carbocycles. The predicted molar refractivity (Wildman–Crippen MR) is 75.6 cm³/mol. The minimum Gasteiger partial charge on any atom is -0.508 e. The molecule has 2 aromatic rings. The first-order chi connectivity index (χ1) is 10.0. The Hall–Kier alpha value is -3.02. The Morgan fingerprint density at radius 2 is 1.81 bits per heavy atom. The second-order valence-electron chi connectivity index (χ2n) is 4.22. The first-order valence-electron chi connectivity index (χ1n) is 6.09. The Balaban J connectivity index is 1.91. The lowest BCUT2D eigenvalue weighted by atomic mass is 10.2. The third-order valence-corrected chi connectivity index (χ3v) is 2.60. The molecule has 0 fully saturated rings. The second-order valence-corrected chi connectivity index (χ2v) is 4.22. The number of aromatic carboxylic acids is 1. The van der Waals surface area contributed by atoms with Crippen molar-refractivity contribution in [3.63, 3.8) is 0 Å². The highest BCUT2D eigenvalue weighted by atomic mass is 16.5. The van der Waals surface area contributed by atoms with Crippen LogP contribution < -0.4 is 10.1 Å². The lowest BCUT2D eigenvalue weighted by Crippen LogP contribution is -2.20. The van der Waals surface area contributed by atoms with E-state index in [0.29, 0.717) is 11.4 Å². The van der Waals surface area contributed by atoms with Gasteiger partial charge in [-0.3, -0.25) is 4.79 Å². The number of amides is 1. The van der Waals surface area contributed by atoms with Crippen LogP contribution in [0.15, 0.2) is 48.5 Å². The van der Waals surface area contributed by atoms with Crippen LogP contribution in [0.25, 0.3) is 0 Å². The lowest BCUT2D eigenvalue weighted by molar-refractivity contribution is -0.118. The molecule has 0 saturated heterocycles. The molecule has 6 heteroatoms. The fourth-order valence-corrected chi connectivity index (χ4v) is 1.62. The fraction of sp³-hybridized carbons (Fsp3) is 0.0667. The molecule has 108 valence electrons. The number of benzene rings is 2. The molecule has 6 nitrogen and oxygen atoms in total. The van der Waals surface area contributed by atoms with Gasteiger partial charge in [-0.25, -0.2) is 4.79 Å². The number of ether oxygens (including phenoxy) is 1. The van der Waals surface area contributed by atoms with E-state index in [2.05, 4.69) is 5.32 Å². The van der Waals surface area contributed by atoms with Gasteiger partial charge in [-0.2, -0.15) is 0 Å². The minimum absolute atomic E-state index is 0.0900. The quantitative estimate of drug-likeness (QED) is 0.782. The first kappa shape index (κ1) is 14.4. The van der Waals surface area contributed by atoms with Gasteiger partial charge >= 0.3 is 5.97 Å². The van der Waals surface area contributed by atoms with Crippen molar-refractivity contribution in [1.29, 1.82) is 0 Å². The third kappa shape index (κ3) is 4.24. The van der Waals surface area contributed by atoms with Gasteiger partial charge in [0.05, 0.1) is 5.56 Å². The maximum atomic E-state index is 11.7. The van der Waals surface area contributed by atoms with E-state index in [0.717, 1.165) is 0 Å². The summed E-state index contributed by atoms with van der Waals surface area (Å²) in [6.07, 6.45) is 0. The molecule has 0 aliphatic rings. The summed E-state index contributed by atoms with van der Waals surface area (Å²) in [5.41, 5.74) is 0.474. The number of carboxylic acid groups (broad SMARTS) is 1. The average molecular weight is 287 g/mol. The largest absolute Gasteiger partial charge is 0.508 e. The molecule has 0 aliphatic heterocycles. The molecule has 21 heavy (non-hydrogen) atoms. The normalized spacial score (nSPS) is 9.90. The van der Waals surface area contributed by atoms with Gasteiger partial charge < -0.3 is 20.3 Å². The summed E-state index contributed by atoms with van der Waals surface area (Å²) in [7, 11) is 0. The number of anilines is 1. The highest BCUT2D eigenvalue weighted by Gasteiger charge is 2.07. The summed E-state index contributed by atoms with van der Waals surface area (Å²) in [4.78, 5) is 22.5. The zero-order chi connectivity index (χ0) is 15.2. The SMILES string of the molecule is O=C(COc1ccc(O)cc1)Nc1cccc(C(=O)O)c1. The van der Waals surface area contributed by atoms with E-state index in [1.54, 1.807) is 12.1 Å². The molecule has 0 spiro atoms. The summed E-state index contributed by atoms with van der Waals surface area (Å²) >= 11 is 0. The first-order valence-corrected chi connectivity index (χ1v) is 6.09. The molecule has 0 radical (unpaired) electrons. The highest BCUT2D eigenvalue weighted by Crippen LogP contribution is 2.16. The Bertz CT molecular complexity index is 651. The van der Waals surface area contributed by atoms with E-state index >= 15 is 0 Å². The fourth-order valence-electron chi connectivity index (χ4n) is 1.62. The maximum absolute atomic E-state index is 11.7. The topological polar surface area (TPSA) is 95.9 Å². The molecule has 0 aliphatic carbocycles. The molecule has 3 N–H and O–H groups in total. The maximum Gasteiger partial charge on any atom is 0.335 e. The average Bonchev–Trinajstić information content (AvgIpc) is 2.47. The van der Waals surface area contributed by atoms with E-state index in [-0.39, 0.29) is 17.9 Å². The summed E-state index contributed by atoms with van der Waals surface area (Å²) in [6, 6.07) is 11.9. The van der Waals surface area contributed by atoms with Crippen molar-refractivity contribution in [2.75, 3.05) is 11.9 Å². The van der Waals surface area contributed by atoms with E-state index in [1.807, 2.05) is 0 Å². The minimum atomic E-state index is -1.06. The Kier molecular flexibility index (Phi) is 4.40. The second kappa shape index (κ2) is 6.42. The van der Waals surface area contributed by atoms with Crippen molar-refractivity contribution in [2.24, 2.45) is 0 Å². The van der Waals surface area contributed by atoms with E-state index < -0.39 is 11.9 Å². The Labute approximate surface area is 120 Å². The number of carbonyl (C=O) groups excluding carboxylic acids is 1. The number of phenolic OH excluding ortho intramolecular Hbond substituents is 1. The zero-order valence-electron chi connectivity index (χ0n) is 10.9. The number of hydrogen-bond donors (Lipinski definition) is 3. The Morgan fingerprint density at radius 3 is 2.48 bits per heavy atom. The molecule has 0 aromatic heterocycles. The molecule has 1 amide bonds. The van der Waals surface area contributed by atoms with Crippen molar-refractivity contribution >= 4 is 17.6 Å². The molecule has 0 heterocycles. The molecule has 2 rings (SSSR count). The van der Waals surface area contributed by atoms with Crippen LogP contribution in [0, 0.1) is 0 Å². The van der Waals surface area contributed by atoms with Crippen LogP contribution in [-0.2, 0) is 4.79 Å². The smallest absolute Gasteiger partial charge is 0.335 e. The van der Waals surface area contributed by atoms with Gasteiger partial charge in [0.1, 0.15) is 11.5 Å². The monoisotopic (exact) mass is 287 g/mol. The molecule has 0 atom stereocenters. The van der Waals surface area contributed by atoms with Crippen molar-refractivity contribution in [2.45, 2.75) is 0 Å². The molecule has 0 bridgehead atoms. The molecular weight excluding hydrogens is 274 g/mol. The third-order valence-electron chi connectivity index (χ3n) is 2.60. The number of aromatic hydroxyl groups is 1.